The summed E-state index contributed by atoms with van der Waals surface area (Å²) in [4.78, 5) is 12.4. The van der Waals surface area contributed by atoms with Crippen molar-refractivity contribution in [2.45, 2.75) is 32.2 Å². The third-order valence-electron chi connectivity index (χ3n) is 5.87. The molecule has 4 aromatic rings. The number of carbonyl (C=O) groups excluding carboxylic acids is 1. The highest BCUT2D eigenvalue weighted by Gasteiger charge is 2.16. The quantitative estimate of drug-likeness (QED) is 0.440. The van der Waals surface area contributed by atoms with E-state index in [1.807, 2.05) is 66.7 Å². The predicted octanol–water partition coefficient (Wildman–Crippen LogP) is 5.36. The van der Waals surface area contributed by atoms with Gasteiger partial charge in [-0.2, -0.15) is 0 Å². The smallest absolute Gasteiger partial charge is 0.262 e. The lowest BCUT2D eigenvalue weighted by Gasteiger charge is -2.10. The minimum Gasteiger partial charge on any atom is -0.484 e. The molecule has 1 aliphatic heterocycles. The van der Waals surface area contributed by atoms with Crippen LogP contribution >= 0.6 is 0 Å². The molecule has 0 radical (unpaired) electrons. The Morgan fingerprint density at radius 2 is 1.55 bits per heavy atom. The zero-order valence-corrected chi connectivity index (χ0v) is 18.4. The van der Waals surface area contributed by atoms with E-state index < -0.39 is 0 Å². The Morgan fingerprint density at radius 1 is 0.818 bits per heavy atom. The first-order chi connectivity index (χ1) is 16.3. The van der Waals surface area contributed by atoms with Crippen LogP contribution in [0.25, 0.3) is 22.5 Å². The lowest BCUT2D eigenvalue weighted by molar-refractivity contribution is -0.118. The molecule has 6 nitrogen and oxygen atoms in total. The lowest BCUT2D eigenvalue weighted by atomic mass is 10.1. The molecule has 0 bridgehead atoms. The van der Waals surface area contributed by atoms with E-state index in [9.17, 15) is 4.79 Å². The fraction of sp³-hybridized carbons (Fsp3) is 0.222. The second kappa shape index (κ2) is 9.69. The highest BCUT2D eigenvalue weighted by atomic mass is 16.5. The second-order valence-electron chi connectivity index (χ2n) is 8.21. The summed E-state index contributed by atoms with van der Waals surface area (Å²) in [5, 5.41) is 11.6. The van der Waals surface area contributed by atoms with Crippen molar-refractivity contribution in [2.24, 2.45) is 0 Å². The first kappa shape index (κ1) is 20.9. The average molecular weight is 439 g/mol. The molecule has 0 aliphatic carbocycles. The average Bonchev–Trinajstić information content (AvgIpc) is 3.12. The summed E-state index contributed by atoms with van der Waals surface area (Å²) < 4.78 is 7.87. The summed E-state index contributed by atoms with van der Waals surface area (Å²) in [5.74, 6) is 2.42. The molecule has 0 unspecified atom stereocenters. The molecule has 5 rings (SSSR count). The van der Waals surface area contributed by atoms with Gasteiger partial charge in [-0.25, -0.2) is 0 Å². The molecular formula is C27H26N4O2. The molecule has 0 spiro atoms. The van der Waals surface area contributed by atoms with Crippen molar-refractivity contribution in [3.63, 3.8) is 0 Å². The molecule has 6 heteroatoms. The van der Waals surface area contributed by atoms with Gasteiger partial charge in [0.25, 0.3) is 5.91 Å². The van der Waals surface area contributed by atoms with Crippen LogP contribution in [0.1, 0.15) is 25.1 Å². The van der Waals surface area contributed by atoms with Crippen LogP contribution in [0.4, 0.5) is 5.69 Å². The number of anilines is 1. The van der Waals surface area contributed by atoms with E-state index in [0.717, 1.165) is 53.4 Å². The largest absolute Gasteiger partial charge is 0.484 e. The highest BCUT2D eigenvalue weighted by molar-refractivity contribution is 5.92. The van der Waals surface area contributed by atoms with Crippen LogP contribution in [0.15, 0.2) is 78.9 Å². The number of aromatic nitrogens is 3. The number of aryl methyl sites for hydroxylation is 1. The van der Waals surface area contributed by atoms with Gasteiger partial charge in [0.2, 0.25) is 0 Å². The fourth-order valence-electron chi connectivity index (χ4n) is 4.12. The van der Waals surface area contributed by atoms with Gasteiger partial charge in [0.05, 0.1) is 0 Å². The summed E-state index contributed by atoms with van der Waals surface area (Å²) >= 11 is 0. The zero-order chi connectivity index (χ0) is 22.5. The maximum Gasteiger partial charge on any atom is 0.262 e. The minimum atomic E-state index is -0.203. The second-order valence-corrected chi connectivity index (χ2v) is 8.21. The van der Waals surface area contributed by atoms with E-state index in [1.165, 1.54) is 12.8 Å². The van der Waals surface area contributed by atoms with Crippen LogP contribution < -0.4 is 10.1 Å². The van der Waals surface area contributed by atoms with E-state index in [0.29, 0.717) is 5.75 Å². The Morgan fingerprint density at radius 3 is 2.33 bits per heavy atom. The number of carbonyl (C=O) groups is 1. The molecule has 0 saturated carbocycles. The topological polar surface area (TPSA) is 69.0 Å². The van der Waals surface area contributed by atoms with E-state index in [2.05, 4.69) is 32.2 Å². The van der Waals surface area contributed by atoms with E-state index in [-0.39, 0.29) is 12.5 Å². The first-order valence-electron chi connectivity index (χ1n) is 11.4. The Hall–Kier alpha value is -3.93. The monoisotopic (exact) mass is 438 g/mol. The SMILES string of the molecule is O=C(COc1ccc(-c2ccccc2)cc1)Nc1ccc(-c2nnc3n2CCCCC3)cc1. The number of benzene rings is 3. The molecule has 166 valence electrons. The van der Waals surface area contributed by atoms with Gasteiger partial charge in [-0.05, 0) is 60.4 Å². The van der Waals surface area contributed by atoms with Gasteiger partial charge < -0.3 is 14.6 Å². The van der Waals surface area contributed by atoms with Gasteiger partial charge in [0, 0.05) is 24.2 Å². The van der Waals surface area contributed by atoms with Gasteiger partial charge in [0.15, 0.2) is 12.4 Å². The highest BCUT2D eigenvalue weighted by Crippen LogP contribution is 2.24. The van der Waals surface area contributed by atoms with Crippen molar-refractivity contribution >= 4 is 11.6 Å². The third kappa shape index (κ3) is 4.95. The Kier molecular flexibility index (Phi) is 6.15. The van der Waals surface area contributed by atoms with Crippen LogP contribution in [0.2, 0.25) is 0 Å². The van der Waals surface area contributed by atoms with Crippen molar-refractivity contribution in [3.05, 3.63) is 84.7 Å². The number of hydrogen-bond donors (Lipinski definition) is 1. The van der Waals surface area contributed by atoms with Gasteiger partial charge in [-0.15, -0.1) is 10.2 Å². The maximum atomic E-state index is 12.4. The predicted molar refractivity (Wildman–Crippen MR) is 129 cm³/mol. The third-order valence-corrected chi connectivity index (χ3v) is 5.87. The van der Waals surface area contributed by atoms with Gasteiger partial charge >= 0.3 is 0 Å². The van der Waals surface area contributed by atoms with Gasteiger partial charge in [-0.3, -0.25) is 4.79 Å². The van der Waals surface area contributed by atoms with E-state index in [4.69, 9.17) is 4.74 Å². The summed E-state index contributed by atoms with van der Waals surface area (Å²) in [7, 11) is 0. The molecule has 0 fully saturated rings. The Balaban J connectivity index is 1.17. The summed E-state index contributed by atoms with van der Waals surface area (Å²) in [6.07, 6.45) is 4.53. The molecule has 1 amide bonds. The number of nitrogens with zero attached hydrogens (tertiary/aromatic N) is 3. The molecular weight excluding hydrogens is 412 g/mol. The van der Waals surface area contributed by atoms with Crippen molar-refractivity contribution in [1.29, 1.82) is 0 Å². The summed E-state index contributed by atoms with van der Waals surface area (Å²) in [6, 6.07) is 25.6. The van der Waals surface area contributed by atoms with Crippen LogP contribution in [-0.4, -0.2) is 27.3 Å². The molecule has 1 N–H and O–H groups in total. The van der Waals surface area contributed by atoms with Crippen LogP contribution in [-0.2, 0) is 17.8 Å². The van der Waals surface area contributed by atoms with Crippen molar-refractivity contribution in [2.75, 3.05) is 11.9 Å². The number of nitrogens with one attached hydrogen (secondary N) is 1. The van der Waals surface area contributed by atoms with Gasteiger partial charge in [0.1, 0.15) is 11.6 Å². The van der Waals surface area contributed by atoms with Crippen molar-refractivity contribution in [1.82, 2.24) is 14.8 Å². The van der Waals surface area contributed by atoms with Gasteiger partial charge in [-0.1, -0.05) is 48.9 Å². The molecule has 33 heavy (non-hydrogen) atoms. The Bertz CT molecular complexity index is 1220. The van der Waals surface area contributed by atoms with Crippen molar-refractivity contribution in [3.8, 4) is 28.3 Å². The minimum absolute atomic E-state index is 0.0515. The number of rotatable bonds is 6. The van der Waals surface area contributed by atoms with Crippen LogP contribution in [0.5, 0.6) is 5.75 Å². The zero-order valence-electron chi connectivity index (χ0n) is 18.4. The summed E-state index contributed by atoms with van der Waals surface area (Å²) in [5.41, 5.74) is 3.98. The molecule has 1 aromatic heterocycles. The number of ether oxygens (including phenoxy) is 1. The first-order valence-corrected chi connectivity index (χ1v) is 11.4. The number of amides is 1. The number of hydrogen-bond acceptors (Lipinski definition) is 4. The van der Waals surface area contributed by atoms with E-state index in [1.54, 1.807) is 0 Å². The molecule has 2 heterocycles. The lowest BCUT2D eigenvalue weighted by Crippen LogP contribution is -2.20. The fourth-order valence-corrected chi connectivity index (χ4v) is 4.12. The molecule has 1 aliphatic rings. The Labute approximate surface area is 193 Å². The van der Waals surface area contributed by atoms with Crippen LogP contribution in [0.3, 0.4) is 0 Å². The van der Waals surface area contributed by atoms with Crippen LogP contribution in [0, 0.1) is 0 Å². The standard InChI is InChI=1S/C27H26N4O2/c32-26(19-33-24-16-12-21(13-17-24)20-7-3-1-4-8-20)28-23-14-10-22(11-15-23)27-30-29-25-9-5-2-6-18-31(25)27/h1,3-4,7-8,10-17H,2,5-6,9,18-19H2,(H,28,32). The molecule has 0 saturated heterocycles. The van der Waals surface area contributed by atoms with E-state index >= 15 is 0 Å². The van der Waals surface area contributed by atoms with Crippen molar-refractivity contribution < 1.29 is 9.53 Å². The molecule has 3 aromatic carbocycles. The normalized spacial score (nSPS) is 13.1. The summed E-state index contributed by atoms with van der Waals surface area (Å²) in [6.45, 7) is 0.907. The maximum absolute atomic E-state index is 12.4. The molecule has 0 atom stereocenters. The number of fused-ring (bicyclic) bond motifs is 1.